The fraction of sp³-hybridized carbons (Fsp3) is 0.364. The van der Waals surface area contributed by atoms with Gasteiger partial charge in [0, 0.05) is 6.04 Å². The molecule has 1 rings (SSSR count). The molecule has 106 valence electrons. The number of amides is 1. The molecular formula is C11H16FN3O3S. The molecule has 0 radical (unpaired) electrons. The number of nitrogens with two attached hydrogens (primary N) is 1. The number of sulfonamides is 1. The highest BCUT2D eigenvalue weighted by molar-refractivity contribution is 7.89. The minimum absolute atomic E-state index is 0.0848. The number of carbonyl (C=O) groups excluding carboxylic acids is 1. The summed E-state index contributed by atoms with van der Waals surface area (Å²) in [6.45, 7) is 3.12. The van der Waals surface area contributed by atoms with E-state index in [0.29, 0.717) is 0 Å². The molecule has 19 heavy (non-hydrogen) atoms. The number of carbonyl (C=O) groups is 1. The van der Waals surface area contributed by atoms with Crippen LogP contribution in [0.4, 0.5) is 10.1 Å². The molecule has 0 atom stereocenters. The number of rotatable bonds is 5. The lowest BCUT2D eigenvalue weighted by atomic mass is 10.3. The Bertz CT molecular complexity index is 573. The second-order valence-electron chi connectivity index (χ2n) is 4.23. The van der Waals surface area contributed by atoms with Crippen LogP contribution in [0.5, 0.6) is 0 Å². The monoisotopic (exact) mass is 289 g/mol. The molecule has 0 aliphatic heterocycles. The van der Waals surface area contributed by atoms with Crippen LogP contribution in [0.2, 0.25) is 0 Å². The van der Waals surface area contributed by atoms with Gasteiger partial charge in [0.1, 0.15) is 5.82 Å². The number of halogens is 1. The van der Waals surface area contributed by atoms with Gasteiger partial charge in [-0.05, 0) is 32.0 Å². The Labute approximate surface area is 111 Å². The van der Waals surface area contributed by atoms with Crippen molar-refractivity contribution < 1.29 is 17.6 Å². The van der Waals surface area contributed by atoms with E-state index < -0.39 is 28.3 Å². The topological polar surface area (TPSA) is 101 Å². The third-order valence-electron chi connectivity index (χ3n) is 2.15. The number of hydrogen-bond acceptors (Lipinski definition) is 4. The first-order chi connectivity index (χ1) is 8.72. The smallest absolute Gasteiger partial charge is 0.241 e. The molecule has 1 aromatic carbocycles. The van der Waals surface area contributed by atoms with Gasteiger partial charge in [-0.2, -0.15) is 0 Å². The number of anilines is 1. The van der Waals surface area contributed by atoms with Gasteiger partial charge in [0.05, 0.1) is 17.1 Å². The number of hydrogen-bond donors (Lipinski definition) is 3. The third-order valence-corrected chi connectivity index (χ3v) is 3.55. The number of nitrogen functional groups attached to an aromatic ring is 1. The van der Waals surface area contributed by atoms with Gasteiger partial charge in [0.2, 0.25) is 15.9 Å². The summed E-state index contributed by atoms with van der Waals surface area (Å²) in [5.41, 5.74) is 5.02. The van der Waals surface area contributed by atoms with E-state index in [1.807, 2.05) is 0 Å². The average molecular weight is 289 g/mol. The summed E-state index contributed by atoms with van der Waals surface area (Å²) in [6.07, 6.45) is 0. The maximum Gasteiger partial charge on any atom is 0.241 e. The van der Waals surface area contributed by atoms with Crippen LogP contribution >= 0.6 is 0 Å². The summed E-state index contributed by atoms with van der Waals surface area (Å²) in [6, 6.07) is 2.95. The summed E-state index contributed by atoms with van der Waals surface area (Å²) in [5, 5.41) is 2.54. The molecule has 0 saturated carbocycles. The zero-order valence-electron chi connectivity index (χ0n) is 10.6. The van der Waals surface area contributed by atoms with Crippen LogP contribution in [0.1, 0.15) is 13.8 Å². The first kappa shape index (κ1) is 15.4. The second kappa shape index (κ2) is 5.98. The fourth-order valence-corrected chi connectivity index (χ4v) is 2.32. The quantitative estimate of drug-likeness (QED) is 0.674. The van der Waals surface area contributed by atoms with Gasteiger partial charge in [-0.3, -0.25) is 4.79 Å². The molecule has 4 N–H and O–H groups in total. The summed E-state index contributed by atoms with van der Waals surface area (Å²) >= 11 is 0. The molecule has 0 unspecified atom stereocenters. The van der Waals surface area contributed by atoms with Crippen LogP contribution in [0, 0.1) is 5.82 Å². The van der Waals surface area contributed by atoms with Crippen LogP contribution < -0.4 is 15.8 Å². The maximum absolute atomic E-state index is 12.9. The lowest BCUT2D eigenvalue weighted by molar-refractivity contribution is -0.120. The van der Waals surface area contributed by atoms with Gasteiger partial charge < -0.3 is 11.1 Å². The average Bonchev–Trinajstić information content (AvgIpc) is 2.29. The Kier molecular flexibility index (Phi) is 4.84. The molecule has 0 saturated heterocycles. The minimum Gasteiger partial charge on any atom is -0.396 e. The van der Waals surface area contributed by atoms with Crippen molar-refractivity contribution >= 4 is 21.6 Å². The fourth-order valence-electron chi connectivity index (χ4n) is 1.31. The second-order valence-corrected chi connectivity index (χ2v) is 6.00. The van der Waals surface area contributed by atoms with E-state index in [9.17, 15) is 17.6 Å². The van der Waals surface area contributed by atoms with Crippen molar-refractivity contribution in [2.45, 2.75) is 24.8 Å². The van der Waals surface area contributed by atoms with Gasteiger partial charge in [0.25, 0.3) is 0 Å². The van der Waals surface area contributed by atoms with Crippen LogP contribution in [-0.4, -0.2) is 26.9 Å². The van der Waals surface area contributed by atoms with Gasteiger partial charge in [-0.25, -0.2) is 17.5 Å². The molecule has 0 aliphatic rings. The molecule has 6 nitrogen and oxygen atoms in total. The van der Waals surface area contributed by atoms with Crippen LogP contribution in [0.3, 0.4) is 0 Å². The summed E-state index contributed by atoms with van der Waals surface area (Å²) in [4.78, 5) is 11.1. The SMILES string of the molecule is CC(C)NC(=O)CNS(=O)(=O)c1ccc(F)c(N)c1. The van der Waals surface area contributed by atoms with Crippen molar-refractivity contribution in [2.24, 2.45) is 0 Å². The summed E-state index contributed by atoms with van der Waals surface area (Å²) < 4.78 is 38.7. The van der Waals surface area contributed by atoms with Crippen LogP contribution in [0.15, 0.2) is 23.1 Å². The van der Waals surface area contributed by atoms with E-state index in [2.05, 4.69) is 10.0 Å². The zero-order chi connectivity index (χ0) is 14.6. The summed E-state index contributed by atoms with van der Waals surface area (Å²) in [5.74, 6) is -1.15. The van der Waals surface area contributed by atoms with Crippen molar-refractivity contribution in [3.63, 3.8) is 0 Å². The van der Waals surface area contributed by atoms with Crippen LogP contribution in [0.25, 0.3) is 0 Å². The van der Waals surface area contributed by atoms with E-state index in [1.54, 1.807) is 13.8 Å². The van der Waals surface area contributed by atoms with Gasteiger partial charge >= 0.3 is 0 Å². The highest BCUT2D eigenvalue weighted by Gasteiger charge is 2.17. The predicted molar refractivity (Wildman–Crippen MR) is 69.3 cm³/mol. The number of nitrogens with one attached hydrogen (secondary N) is 2. The number of benzene rings is 1. The molecule has 0 aliphatic carbocycles. The predicted octanol–water partition coefficient (Wildman–Crippen LogP) is 0.211. The standard InChI is InChI=1S/C11H16FN3O3S/c1-7(2)15-11(16)6-14-19(17,18)8-3-4-9(12)10(13)5-8/h3-5,7,14H,6,13H2,1-2H3,(H,15,16). The van der Waals surface area contributed by atoms with Crippen molar-refractivity contribution in [3.8, 4) is 0 Å². The lowest BCUT2D eigenvalue weighted by Gasteiger charge is -2.10. The molecule has 0 aromatic heterocycles. The Morgan fingerprint density at radius 1 is 1.42 bits per heavy atom. The highest BCUT2D eigenvalue weighted by Crippen LogP contribution is 2.16. The Hall–Kier alpha value is -1.67. The normalized spacial score (nSPS) is 11.6. The Morgan fingerprint density at radius 2 is 2.05 bits per heavy atom. The maximum atomic E-state index is 12.9. The molecule has 1 aromatic rings. The first-order valence-corrected chi connectivity index (χ1v) is 7.05. The molecule has 1 amide bonds. The van der Waals surface area contributed by atoms with Gasteiger partial charge in [0.15, 0.2) is 0 Å². The van der Waals surface area contributed by atoms with E-state index in [-0.39, 0.29) is 16.6 Å². The molecule has 0 heterocycles. The van der Waals surface area contributed by atoms with Crippen molar-refractivity contribution in [1.29, 1.82) is 0 Å². The van der Waals surface area contributed by atoms with E-state index >= 15 is 0 Å². The highest BCUT2D eigenvalue weighted by atomic mass is 32.2. The first-order valence-electron chi connectivity index (χ1n) is 5.56. The van der Waals surface area contributed by atoms with Crippen molar-refractivity contribution in [2.75, 3.05) is 12.3 Å². The minimum atomic E-state index is -3.89. The lowest BCUT2D eigenvalue weighted by Crippen LogP contribution is -2.39. The summed E-state index contributed by atoms with van der Waals surface area (Å²) in [7, 11) is -3.89. The molecular weight excluding hydrogens is 273 g/mol. The zero-order valence-corrected chi connectivity index (χ0v) is 11.4. The Balaban J connectivity index is 2.76. The molecule has 8 heteroatoms. The Morgan fingerprint density at radius 3 is 2.58 bits per heavy atom. The molecule has 0 spiro atoms. The van der Waals surface area contributed by atoms with E-state index in [1.165, 1.54) is 0 Å². The van der Waals surface area contributed by atoms with Crippen molar-refractivity contribution in [1.82, 2.24) is 10.0 Å². The van der Waals surface area contributed by atoms with E-state index in [4.69, 9.17) is 5.73 Å². The largest absolute Gasteiger partial charge is 0.396 e. The van der Waals surface area contributed by atoms with E-state index in [0.717, 1.165) is 18.2 Å². The third kappa shape index (κ3) is 4.49. The van der Waals surface area contributed by atoms with Gasteiger partial charge in [-0.1, -0.05) is 0 Å². The van der Waals surface area contributed by atoms with Gasteiger partial charge in [-0.15, -0.1) is 0 Å². The van der Waals surface area contributed by atoms with Crippen LogP contribution in [-0.2, 0) is 14.8 Å². The molecule has 0 bridgehead atoms. The molecule has 0 fully saturated rings. The van der Waals surface area contributed by atoms with Crippen molar-refractivity contribution in [3.05, 3.63) is 24.0 Å².